The molecule has 37 heavy (non-hydrogen) atoms. The van der Waals surface area contributed by atoms with Gasteiger partial charge in [0.15, 0.2) is 5.82 Å². The molecule has 2 aliphatic rings. The van der Waals surface area contributed by atoms with Crippen molar-refractivity contribution in [3.63, 3.8) is 0 Å². The number of rotatable bonds is 6. The van der Waals surface area contributed by atoms with Crippen LogP contribution < -0.4 is 15.0 Å². The smallest absolute Gasteiger partial charge is 0.419 e. The zero-order chi connectivity index (χ0) is 26.5. The summed E-state index contributed by atoms with van der Waals surface area (Å²) in [6.45, 7) is 1.25. The lowest BCUT2D eigenvalue weighted by Gasteiger charge is -2.37. The van der Waals surface area contributed by atoms with Crippen LogP contribution in [0, 0.1) is 24.6 Å². The Kier molecular flexibility index (Phi) is 6.14. The van der Waals surface area contributed by atoms with Crippen LogP contribution in [-0.4, -0.2) is 50.2 Å². The highest BCUT2D eigenvalue weighted by Crippen LogP contribution is 2.40. The van der Waals surface area contributed by atoms with E-state index in [-0.39, 0.29) is 23.8 Å². The van der Waals surface area contributed by atoms with E-state index in [4.69, 9.17) is 9.26 Å². The fourth-order valence-electron chi connectivity index (χ4n) is 4.81. The van der Waals surface area contributed by atoms with E-state index in [1.165, 1.54) is 0 Å². The summed E-state index contributed by atoms with van der Waals surface area (Å²) >= 11 is 0. The molecule has 1 saturated heterocycles. The lowest BCUT2D eigenvalue weighted by atomic mass is 9.92. The first-order valence-corrected chi connectivity index (χ1v) is 11.2. The molecule has 3 aromatic rings. The number of ether oxygens (including phenoxy) is 1. The molecular formula is C21H20F7N7O2. The minimum absolute atomic E-state index is 0.0799. The zero-order valence-electron chi connectivity index (χ0n) is 19.1. The number of aromatic nitrogens is 5. The van der Waals surface area contributed by atoms with E-state index >= 15 is 0 Å². The Morgan fingerprint density at radius 2 is 1.78 bits per heavy atom. The molecule has 3 heterocycles. The largest absolute Gasteiger partial charge is 0.424 e. The molecule has 2 fully saturated rings. The Labute approximate surface area is 204 Å². The number of piperidine rings is 1. The fourth-order valence-corrected chi connectivity index (χ4v) is 4.81. The second kappa shape index (κ2) is 9.06. The predicted molar refractivity (Wildman–Crippen MR) is 112 cm³/mol. The molecule has 5 rings (SSSR count). The highest BCUT2D eigenvalue weighted by Gasteiger charge is 2.44. The topological polar surface area (TPSA) is 94.1 Å². The molecule has 2 unspecified atom stereocenters. The molecule has 200 valence electrons. The number of halogens is 7. The first-order chi connectivity index (χ1) is 17.4. The Morgan fingerprint density at radius 3 is 2.38 bits per heavy atom. The van der Waals surface area contributed by atoms with Crippen LogP contribution >= 0.6 is 0 Å². The summed E-state index contributed by atoms with van der Waals surface area (Å²) < 4.78 is 103. The molecule has 0 amide bonds. The molecule has 1 aliphatic carbocycles. The molecule has 0 spiro atoms. The summed E-state index contributed by atoms with van der Waals surface area (Å²) in [6.07, 6.45) is -8.05. The molecule has 16 heteroatoms. The normalized spacial score (nSPS) is 21.9. The van der Waals surface area contributed by atoms with E-state index in [9.17, 15) is 30.7 Å². The van der Waals surface area contributed by atoms with Crippen LogP contribution in [0.25, 0.3) is 0 Å². The van der Waals surface area contributed by atoms with Gasteiger partial charge in [-0.15, -0.1) is 5.10 Å². The second-order valence-electron chi connectivity index (χ2n) is 9.03. The van der Waals surface area contributed by atoms with Crippen LogP contribution in [0.4, 0.5) is 42.7 Å². The third-order valence-electron chi connectivity index (χ3n) is 6.34. The SMILES string of the molecule is Cc1noc(N2CC3CCC(C2)C3Nc2nc(Oc3ccc(F)c(C(F)(F)F)c3)n(CC(F)(F)F)n2)n1. The van der Waals surface area contributed by atoms with Crippen molar-refractivity contribution in [1.82, 2.24) is 24.9 Å². The van der Waals surface area contributed by atoms with Crippen LogP contribution in [0.5, 0.6) is 11.8 Å². The summed E-state index contributed by atoms with van der Waals surface area (Å²) in [6, 6.07) is 1.26. The van der Waals surface area contributed by atoms with Crippen LogP contribution in [0.15, 0.2) is 22.7 Å². The standard InChI is InChI=1S/C21H20F7N7O2/c1-10-29-18(37-33-10)34-7-11-2-3-12(8-34)16(11)30-17-31-19(35(32-17)9-20(23,24)25)36-13-4-5-15(22)14(6-13)21(26,27)28/h4-6,11-12,16H,2-3,7-9H2,1H3,(H,30,32). The number of nitrogens with one attached hydrogen (secondary N) is 1. The predicted octanol–water partition coefficient (Wildman–Crippen LogP) is 4.81. The van der Waals surface area contributed by atoms with Crippen LogP contribution in [-0.2, 0) is 12.7 Å². The van der Waals surface area contributed by atoms with E-state index in [1.807, 2.05) is 4.90 Å². The van der Waals surface area contributed by atoms with E-state index < -0.39 is 42.0 Å². The van der Waals surface area contributed by atoms with Gasteiger partial charge in [0.1, 0.15) is 18.1 Å². The second-order valence-corrected chi connectivity index (χ2v) is 9.03. The Balaban J connectivity index is 1.36. The van der Waals surface area contributed by atoms with Crippen molar-refractivity contribution in [2.75, 3.05) is 23.3 Å². The highest BCUT2D eigenvalue weighted by atomic mass is 19.4. The summed E-state index contributed by atoms with van der Waals surface area (Å²) in [5, 5.41) is 10.7. The number of fused-ring (bicyclic) bond motifs is 2. The van der Waals surface area contributed by atoms with Crippen molar-refractivity contribution < 1.29 is 40.0 Å². The number of hydrogen-bond donors (Lipinski definition) is 1. The van der Waals surface area contributed by atoms with Crippen molar-refractivity contribution in [2.24, 2.45) is 11.8 Å². The average molecular weight is 535 g/mol. The van der Waals surface area contributed by atoms with Crippen LogP contribution in [0.2, 0.25) is 0 Å². The van der Waals surface area contributed by atoms with Gasteiger partial charge >= 0.3 is 24.4 Å². The summed E-state index contributed by atoms with van der Waals surface area (Å²) in [7, 11) is 0. The van der Waals surface area contributed by atoms with Crippen molar-refractivity contribution in [3.05, 3.63) is 35.4 Å². The molecular weight excluding hydrogens is 515 g/mol. The van der Waals surface area contributed by atoms with Gasteiger partial charge in [0, 0.05) is 19.1 Å². The maximum absolute atomic E-state index is 13.6. The van der Waals surface area contributed by atoms with Gasteiger partial charge in [-0.05, 0) is 49.8 Å². The van der Waals surface area contributed by atoms with Gasteiger partial charge in [-0.25, -0.2) is 9.07 Å². The van der Waals surface area contributed by atoms with Gasteiger partial charge in [0.05, 0.1) is 5.56 Å². The van der Waals surface area contributed by atoms with Gasteiger partial charge in [0.25, 0.3) is 0 Å². The number of anilines is 2. The molecule has 9 nitrogen and oxygen atoms in total. The van der Waals surface area contributed by atoms with E-state index in [1.54, 1.807) is 6.92 Å². The molecule has 1 saturated carbocycles. The Hall–Kier alpha value is -3.59. The number of benzene rings is 1. The van der Waals surface area contributed by atoms with Gasteiger partial charge < -0.3 is 19.5 Å². The lowest BCUT2D eigenvalue weighted by Crippen LogP contribution is -2.48. The first-order valence-electron chi connectivity index (χ1n) is 11.2. The van der Waals surface area contributed by atoms with E-state index in [0.717, 1.165) is 18.9 Å². The van der Waals surface area contributed by atoms with Crippen molar-refractivity contribution in [2.45, 2.75) is 44.7 Å². The van der Waals surface area contributed by atoms with Crippen molar-refractivity contribution >= 4 is 12.0 Å². The van der Waals surface area contributed by atoms with E-state index in [0.29, 0.717) is 41.7 Å². The van der Waals surface area contributed by atoms with E-state index in [2.05, 4.69) is 25.5 Å². The maximum Gasteiger partial charge on any atom is 0.419 e. The minimum Gasteiger partial charge on any atom is -0.424 e. The van der Waals surface area contributed by atoms with Gasteiger partial charge in [-0.3, -0.25) is 0 Å². The monoisotopic (exact) mass is 535 g/mol. The van der Waals surface area contributed by atoms with Gasteiger partial charge in [-0.1, -0.05) is 5.16 Å². The summed E-state index contributed by atoms with van der Waals surface area (Å²) in [5.41, 5.74) is -1.62. The van der Waals surface area contributed by atoms with Gasteiger partial charge in [-0.2, -0.15) is 36.3 Å². The van der Waals surface area contributed by atoms with Crippen molar-refractivity contribution in [1.29, 1.82) is 0 Å². The molecule has 2 atom stereocenters. The summed E-state index contributed by atoms with van der Waals surface area (Å²) in [4.78, 5) is 10.2. The number of nitrogens with zero attached hydrogens (tertiary/aromatic N) is 6. The number of aryl methyl sites for hydroxylation is 1. The molecule has 1 N–H and O–H groups in total. The molecule has 1 aromatic carbocycles. The van der Waals surface area contributed by atoms with Crippen molar-refractivity contribution in [3.8, 4) is 11.8 Å². The highest BCUT2D eigenvalue weighted by molar-refractivity contribution is 5.37. The first kappa shape index (κ1) is 25.1. The quantitative estimate of drug-likeness (QED) is 0.450. The average Bonchev–Trinajstić information content (AvgIpc) is 3.43. The minimum atomic E-state index is -5.02. The fraction of sp³-hybridized carbons (Fsp3) is 0.524. The van der Waals surface area contributed by atoms with Gasteiger partial charge in [0.2, 0.25) is 5.95 Å². The zero-order valence-corrected chi connectivity index (χ0v) is 19.1. The summed E-state index contributed by atoms with van der Waals surface area (Å²) in [5.74, 6) is -1.59. The Morgan fingerprint density at radius 1 is 1.08 bits per heavy atom. The lowest BCUT2D eigenvalue weighted by molar-refractivity contribution is -0.143. The molecule has 0 radical (unpaired) electrons. The maximum atomic E-state index is 13.6. The molecule has 1 aliphatic heterocycles. The number of alkyl halides is 6. The Bertz CT molecular complexity index is 1260. The van der Waals surface area contributed by atoms with Crippen LogP contribution in [0.1, 0.15) is 24.2 Å². The molecule has 2 bridgehead atoms. The third kappa shape index (κ3) is 5.41. The molecule has 2 aromatic heterocycles. The third-order valence-corrected chi connectivity index (χ3v) is 6.34. The van der Waals surface area contributed by atoms with Crippen LogP contribution in [0.3, 0.4) is 0 Å². The number of hydrogen-bond acceptors (Lipinski definition) is 8.